The predicted molar refractivity (Wildman–Crippen MR) is 75.1 cm³/mol. The third-order valence-electron chi connectivity index (χ3n) is 2.86. The zero-order chi connectivity index (χ0) is 15.4. The number of anilines is 1. The van der Waals surface area contributed by atoms with Crippen LogP contribution in [0.3, 0.4) is 0 Å². The number of amides is 2. The van der Waals surface area contributed by atoms with E-state index in [0.29, 0.717) is 17.1 Å². The van der Waals surface area contributed by atoms with Gasteiger partial charge < -0.3 is 15.7 Å². The number of carbonyl (C=O) groups is 2. The number of carboxylic acids is 1. The van der Waals surface area contributed by atoms with Crippen molar-refractivity contribution >= 4 is 17.7 Å². The monoisotopic (exact) mass is 289 g/mol. The van der Waals surface area contributed by atoms with E-state index in [2.05, 4.69) is 25.8 Å². The van der Waals surface area contributed by atoms with E-state index in [4.69, 9.17) is 5.11 Å². The Hall–Kier alpha value is -2.90. The van der Waals surface area contributed by atoms with Gasteiger partial charge >= 0.3 is 12.0 Å². The van der Waals surface area contributed by atoms with Crippen LogP contribution in [0.15, 0.2) is 18.3 Å². The summed E-state index contributed by atoms with van der Waals surface area (Å²) in [6.07, 6.45) is 1.39. The highest BCUT2D eigenvalue weighted by Gasteiger charge is 2.10. The van der Waals surface area contributed by atoms with E-state index < -0.39 is 12.0 Å². The van der Waals surface area contributed by atoms with Crippen LogP contribution in [0.5, 0.6) is 0 Å². The highest BCUT2D eigenvalue weighted by Crippen LogP contribution is 2.15. The van der Waals surface area contributed by atoms with Crippen LogP contribution < -0.4 is 10.6 Å². The van der Waals surface area contributed by atoms with Crippen molar-refractivity contribution in [1.82, 2.24) is 20.5 Å². The van der Waals surface area contributed by atoms with E-state index >= 15 is 0 Å². The number of hydrogen-bond acceptors (Lipinski definition) is 4. The van der Waals surface area contributed by atoms with Gasteiger partial charge in [0, 0.05) is 6.20 Å². The molecule has 2 amide bonds. The Morgan fingerprint density at radius 3 is 2.76 bits per heavy atom. The number of aryl methyl sites for hydroxylation is 2. The number of hydrogen-bond donors (Lipinski definition) is 4. The Balaban J connectivity index is 1.95. The highest BCUT2D eigenvalue weighted by atomic mass is 16.4. The molecule has 0 atom stereocenters. The molecule has 21 heavy (non-hydrogen) atoms. The zero-order valence-electron chi connectivity index (χ0n) is 11.6. The van der Waals surface area contributed by atoms with Crippen molar-refractivity contribution in [3.63, 3.8) is 0 Å². The van der Waals surface area contributed by atoms with Gasteiger partial charge in [0.25, 0.3) is 0 Å². The molecule has 0 saturated heterocycles. The Labute approximate surface area is 120 Å². The van der Waals surface area contributed by atoms with Crippen molar-refractivity contribution in [3.05, 3.63) is 41.0 Å². The number of aromatic carboxylic acids is 1. The molecule has 0 aliphatic rings. The normalized spacial score (nSPS) is 10.2. The molecule has 0 unspecified atom stereocenters. The molecule has 0 aliphatic heterocycles. The van der Waals surface area contributed by atoms with Crippen molar-refractivity contribution < 1.29 is 14.7 Å². The molecule has 0 fully saturated rings. The van der Waals surface area contributed by atoms with Gasteiger partial charge in [0.15, 0.2) is 0 Å². The maximum Gasteiger partial charge on any atom is 0.335 e. The number of carboxylic acid groups (broad SMARTS) is 1. The maximum atomic E-state index is 11.8. The molecular formula is C13H15N5O3. The van der Waals surface area contributed by atoms with Crippen LogP contribution in [-0.2, 0) is 6.54 Å². The lowest BCUT2D eigenvalue weighted by molar-refractivity contribution is 0.0696. The molecule has 2 heterocycles. The summed E-state index contributed by atoms with van der Waals surface area (Å²) in [5.74, 6) is -1.03. The number of rotatable bonds is 4. The van der Waals surface area contributed by atoms with Crippen molar-refractivity contribution in [2.45, 2.75) is 20.4 Å². The lowest BCUT2D eigenvalue weighted by atomic mass is 10.2. The first kappa shape index (κ1) is 14.5. The van der Waals surface area contributed by atoms with Gasteiger partial charge in [0.05, 0.1) is 34.9 Å². The zero-order valence-corrected chi connectivity index (χ0v) is 11.6. The number of carbonyl (C=O) groups excluding carboxylic acids is 1. The van der Waals surface area contributed by atoms with E-state index in [1.54, 1.807) is 13.8 Å². The maximum absolute atomic E-state index is 11.8. The van der Waals surface area contributed by atoms with Crippen molar-refractivity contribution in [2.24, 2.45) is 0 Å². The van der Waals surface area contributed by atoms with Gasteiger partial charge in [-0.25, -0.2) is 9.59 Å². The second kappa shape index (κ2) is 6.04. The largest absolute Gasteiger partial charge is 0.478 e. The van der Waals surface area contributed by atoms with Gasteiger partial charge in [-0.05, 0) is 26.0 Å². The molecule has 0 saturated carbocycles. The number of nitrogens with one attached hydrogen (secondary N) is 3. The first-order valence-corrected chi connectivity index (χ1v) is 6.22. The Morgan fingerprint density at radius 1 is 1.38 bits per heavy atom. The minimum Gasteiger partial charge on any atom is -0.478 e. The molecule has 0 aromatic carbocycles. The van der Waals surface area contributed by atoms with Crippen LogP contribution in [-0.4, -0.2) is 32.3 Å². The fraction of sp³-hybridized carbons (Fsp3) is 0.231. The molecule has 0 bridgehead atoms. The summed E-state index contributed by atoms with van der Waals surface area (Å²) in [5, 5.41) is 20.9. The minimum atomic E-state index is -1.03. The molecule has 4 N–H and O–H groups in total. The summed E-state index contributed by atoms with van der Waals surface area (Å²) < 4.78 is 0. The third-order valence-corrected chi connectivity index (χ3v) is 2.86. The number of urea groups is 1. The van der Waals surface area contributed by atoms with Crippen molar-refractivity contribution in [2.75, 3.05) is 5.32 Å². The Kier molecular flexibility index (Phi) is 4.17. The van der Waals surface area contributed by atoms with Gasteiger partial charge in [-0.3, -0.25) is 10.1 Å². The van der Waals surface area contributed by atoms with Gasteiger partial charge in [0.1, 0.15) is 0 Å². The Morgan fingerprint density at radius 2 is 2.14 bits per heavy atom. The van der Waals surface area contributed by atoms with Crippen LogP contribution in [0.2, 0.25) is 0 Å². The van der Waals surface area contributed by atoms with E-state index in [-0.39, 0.29) is 12.1 Å². The predicted octanol–water partition coefficient (Wildman–Crippen LogP) is 1.44. The summed E-state index contributed by atoms with van der Waals surface area (Å²) in [6.45, 7) is 3.70. The van der Waals surface area contributed by atoms with E-state index in [9.17, 15) is 9.59 Å². The van der Waals surface area contributed by atoms with Crippen LogP contribution >= 0.6 is 0 Å². The van der Waals surface area contributed by atoms with Crippen LogP contribution in [0.1, 0.15) is 27.4 Å². The fourth-order valence-corrected chi connectivity index (χ4v) is 1.77. The summed E-state index contributed by atoms with van der Waals surface area (Å²) in [5.41, 5.74) is 2.66. The quantitative estimate of drug-likeness (QED) is 0.679. The Bertz CT molecular complexity index is 661. The molecule has 0 spiro atoms. The summed E-state index contributed by atoms with van der Waals surface area (Å²) >= 11 is 0. The summed E-state index contributed by atoms with van der Waals surface area (Å²) in [4.78, 5) is 26.6. The SMILES string of the molecule is Cc1n[nH]c(C)c1NC(=O)NCc1cc(C(=O)O)ccn1. The molecule has 2 aromatic heterocycles. The lowest BCUT2D eigenvalue weighted by Crippen LogP contribution is -2.29. The first-order chi connectivity index (χ1) is 9.97. The summed E-state index contributed by atoms with van der Waals surface area (Å²) in [7, 11) is 0. The standard InChI is InChI=1S/C13H15N5O3/c1-7-11(8(2)18-17-7)16-13(21)15-6-10-5-9(12(19)20)3-4-14-10/h3-5H,6H2,1-2H3,(H,17,18)(H,19,20)(H2,15,16,21). The number of nitrogens with zero attached hydrogens (tertiary/aromatic N) is 2. The van der Waals surface area contributed by atoms with Crippen LogP contribution in [0.25, 0.3) is 0 Å². The third kappa shape index (κ3) is 3.56. The molecule has 0 aliphatic carbocycles. The van der Waals surface area contributed by atoms with E-state index in [0.717, 1.165) is 5.69 Å². The van der Waals surface area contributed by atoms with Gasteiger partial charge in [-0.2, -0.15) is 5.10 Å². The number of aromatic amines is 1. The van der Waals surface area contributed by atoms with E-state index in [1.807, 2.05) is 0 Å². The van der Waals surface area contributed by atoms with Gasteiger partial charge in [-0.1, -0.05) is 0 Å². The van der Waals surface area contributed by atoms with Crippen molar-refractivity contribution in [3.8, 4) is 0 Å². The molecule has 8 heteroatoms. The van der Waals surface area contributed by atoms with Crippen molar-refractivity contribution in [1.29, 1.82) is 0 Å². The molecule has 110 valence electrons. The minimum absolute atomic E-state index is 0.128. The average Bonchev–Trinajstić information content (AvgIpc) is 2.77. The number of aromatic nitrogens is 3. The highest BCUT2D eigenvalue weighted by molar-refractivity contribution is 5.90. The first-order valence-electron chi connectivity index (χ1n) is 6.22. The molecule has 8 nitrogen and oxygen atoms in total. The molecule has 2 aromatic rings. The van der Waals surface area contributed by atoms with Crippen LogP contribution in [0, 0.1) is 13.8 Å². The molecule has 0 radical (unpaired) electrons. The fourth-order valence-electron chi connectivity index (χ4n) is 1.77. The van der Waals surface area contributed by atoms with Gasteiger partial charge in [-0.15, -0.1) is 0 Å². The lowest BCUT2D eigenvalue weighted by Gasteiger charge is -2.07. The number of H-pyrrole nitrogens is 1. The number of pyridine rings is 1. The average molecular weight is 289 g/mol. The van der Waals surface area contributed by atoms with Crippen LogP contribution in [0.4, 0.5) is 10.5 Å². The second-order valence-corrected chi connectivity index (χ2v) is 4.46. The topological polar surface area (TPSA) is 120 Å². The molecule has 2 rings (SSSR count). The van der Waals surface area contributed by atoms with E-state index in [1.165, 1.54) is 18.3 Å². The smallest absolute Gasteiger partial charge is 0.335 e. The summed E-state index contributed by atoms with van der Waals surface area (Å²) in [6, 6.07) is 2.39. The molecular weight excluding hydrogens is 274 g/mol. The second-order valence-electron chi connectivity index (χ2n) is 4.46. The van der Waals surface area contributed by atoms with Gasteiger partial charge in [0.2, 0.25) is 0 Å².